The van der Waals surface area contributed by atoms with E-state index in [-0.39, 0.29) is 12.5 Å². The maximum Gasteiger partial charge on any atom is 0.216 e. The lowest BCUT2D eigenvalue weighted by atomic mass is 10.3. The molecule has 4 heteroatoms. The molecule has 2 N–H and O–H groups in total. The highest BCUT2D eigenvalue weighted by Crippen LogP contribution is 1.95. The summed E-state index contributed by atoms with van der Waals surface area (Å²) in [5, 5.41) is 11.5. The van der Waals surface area contributed by atoms with E-state index in [1.54, 1.807) is 0 Å². The Labute approximate surface area is 79.9 Å². The highest BCUT2D eigenvalue weighted by atomic mass is 16.3. The molecule has 0 aliphatic carbocycles. The minimum atomic E-state index is -0.00676. The highest BCUT2D eigenvalue weighted by Gasteiger charge is 2.07. The summed E-state index contributed by atoms with van der Waals surface area (Å²) >= 11 is 0. The lowest BCUT2D eigenvalue weighted by molar-refractivity contribution is -0.119. The van der Waals surface area contributed by atoms with Crippen molar-refractivity contribution in [2.75, 3.05) is 26.2 Å². The number of hydrogen-bond donors (Lipinski definition) is 2. The fraction of sp³-hybridized carbons (Fsp3) is 0.889. The quantitative estimate of drug-likeness (QED) is 0.608. The molecule has 0 aliphatic heterocycles. The molecule has 0 rings (SSSR count). The van der Waals surface area contributed by atoms with Gasteiger partial charge in [0.25, 0.3) is 0 Å². The molecule has 0 aliphatic rings. The van der Waals surface area contributed by atoms with Gasteiger partial charge in [0.1, 0.15) is 0 Å². The lowest BCUT2D eigenvalue weighted by Crippen LogP contribution is -2.39. The fourth-order valence-corrected chi connectivity index (χ4v) is 1.13. The van der Waals surface area contributed by atoms with Crippen LogP contribution in [0.2, 0.25) is 0 Å². The smallest absolute Gasteiger partial charge is 0.216 e. The minimum Gasteiger partial charge on any atom is -0.395 e. The normalized spacial score (nSPS) is 10.9. The van der Waals surface area contributed by atoms with Gasteiger partial charge in [-0.3, -0.25) is 9.69 Å². The summed E-state index contributed by atoms with van der Waals surface area (Å²) < 4.78 is 0. The molecule has 1 amide bonds. The number of carbonyl (C=O) groups is 1. The molecule has 0 spiro atoms. The fourth-order valence-electron chi connectivity index (χ4n) is 1.13. The zero-order valence-electron chi connectivity index (χ0n) is 8.71. The number of aliphatic hydroxyl groups excluding tert-OH is 1. The molecule has 0 radical (unpaired) electrons. The van der Waals surface area contributed by atoms with Crippen LogP contribution in [0, 0.1) is 0 Å². The Balaban J connectivity index is 3.62. The predicted molar refractivity (Wildman–Crippen MR) is 52.5 cm³/mol. The number of aliphatic hydroxyl groups is 1. The third-order valence-electron chi connectivity index (χ3n) is 1.89. The van der Waals surface area contributed by atoms with Crippen LogP contribution in [0.15, 0.2) is 0 Å². The van der Waals surface area contributed by atoms with Gasteiger partial charge < -0.3 is 10.4 Å². The summed E-state index contributed by atoms with van der Waals surface area (Å²) in [5.74, 6) is -0.00676. The van der Waals surface area contributed by atoms with Crippen LogP contribution < -0.4 is 5.32 Å². The van der Waals surface area contributed by atoms with Crippen LogP contribution in [0.25, 0.3) is 0 Å². The van der Waals surface area contributed by atoms with Crippen LogP contribution in [0.3, 0.4) is 0 Å². The molecule has 0 aromatic heterocycles. The molecule has 0 bridgehead atoms. The molecule has 13 heavy (non-hydrogen) atoms. The molecule has 0 aromatic carbocycles. The van der Waals surface area contributed by atoms with Gasteiger partial charge in [-0.25, -0.2) is 0 Å². The van der Waals surface area contributed by atoms with Gasteiger partial charge in [0, 0.05) is 32.6 Å². The summed E-state index contributed by atoms with van der Waals surface area (Å²) in [7, 11) is 0. The number of amides is 1. The third-order valence-corrected chi connectivity index (χ3v) is 1.89. The van der Waals surface area contributed by atoms with Gasteiger partial charge in [-0.05, 0) is 13.8 Å². The van der Waals surface area contributed by atoms with Crippen LogP contribution in [0.5, 0.6) is 0 Å². The van der Waals surface area contributed by atoms with Crippen LogP contribution in [-0.2, 0) is 4.79 Å². The molecule has 4 nitrogen and oxygen atoms in total. The van der Waals surface area contributed by atoms with Crippen molar-refractivity contribution >= 4 is 5.91 Å². The Morgan fingerprint density at radius 2 is 2.08 bits per heavy atom. The monoisotopic (exact) mass is 188 g/mol. The van der Waals surface area contributed by atoms with Crippen LogP contribution in [0.4, 0.5) is 0 Å². The van der Waals surface area contributed by atoms with Crippen molar-refractivity contribution in [2.24, 2.45) is 0 Å². The van der Waals surface area contributed by atoms with E-state index in [0.717, 1.165) is 6.54 Å². The molecule has 0 saturated heterocycles. The van der Waals surface area contributed by atoms with E-state index in [0.29, 0.717) is 19.1 Å². The zero-order chi connectivity index (χ0) is 10.3. The summed E-state index contributed by atoms with van der Waals surface area (Å²) in [6, 6.07) is 0.404. The third kappa shape index (κ3) is 6.54. The largest absolute Gasteiger partial charge is 0.395 e. The average Bonchev–Trinajstić information content (AvgIpc) is 2.02. The van der Waals surface area contributed by atoms with E-state index in [1.807, 2.05) is 0 Å². The maximum absolute atomic E-state index is 10.6. The van der Waals surface area contributed by atoms with Gasteiger partial charge in [0.05, 0.1) is 6.61 Å². The van der Waals surface area contributed by atoms with E-state index >= 15 is 0 Å². The van der Waals surface area contributed by atoms with Crippen LogP contribution in [-0.4, -0.2) is 48.2 Å². The van der Waals surface area contributed by atoms with Crippen molar-refractivity contribution in [3.63, 3.8) is 0 Å². The molecule has 0 atom stereocenters. The van der Waals surface area contributed by atoms with Crippen molar-refractivity contribution < 1.29 is 9.90 Å². The summed E-state index contributed by atoms with van der Waals surface area (Å²) in [5.41, 5.74) is 0. The Hall–Kier alpha value is -0.610. The first kappa shape index (κ1) is 12.4. The molecular formula is C9H20N2O2. The molecule has 0 unspecified atom stereocenters. The van der Waals surface area contributed by atoms with Gasteiger partial charge >= 0.3 is 0 Å². The Kier molecular flexibility index (Phi) is 6.54. The predicted octanol–water partition coefficient (Wildman–Crippen LogP) is -0.175. The minimum absolute atomic E-state index is 0.00676. The second kappa shape index (κ2) is 6.86. The first-order valence-electron chi connectivity index (χ1n) is 4.67. The molecule has 0 aromatic rings. The topological polar surface area (TPSA) is 52.6 Å². The second-order valence-electron chi connectivity index (χ2n) is 3.34. The Morgan fingerprint density at radius 1 is 1.46 bits per heavy atom. The molecule has 0 saturated carbocycles. The summed E-state index contributed by atoms with van der Waals surface area (Å²) in [6.45, 7) is 7.92. The summed E-state index contributed by atoms with van der Waals surface area (Å²) in [6.07, 6.45) is 0. The van der Waals surface area contributed by atoms with Crippen molar-refractivity contribution in [1.29, 1.82) is 0 Å². The Morgan fingerprint density at radius 3 is 2.46 bits per heavy atom. The van der Waals surface area contributed by atoms with Gasteiger partial charge in [-0.2, -0.15) is 0 Å². The number of hydrogen-bond acceptors (Lipinski definition) is 3. The molecule has 78 valence electrons. The highest BCUT2D eigenvalue weighted by molar-refractivity contribution is 5.72. The maximum atomic E-state index is 10.6. The van der Waals surface area contributed by atoms with E-state index in [1.165, 1.54) is 6.92 Å². The van der Waals surface area contributed by atoms with Crippen molar-refractivity contribution in [3.05, 3.63) is 0 Å². The average molecular weight is 188 g/mol. The molecule has 0 heterocycles. The summed E-state index contributed by atoms with van der Waals surface area (Å²) in [4.78, 5) is 12.7. The number of rotatable bonds is 6. The van der Waals surface area contributed by atoms with Crippen LogP contribution in [0.1, 0.15) is 20.8 Å². The van der Waals surface area contributed by atoms with Crippen molar-refractivity contribution in [3.8, 4) is 0 Å². The van der Waals surface area contributed by atoms with Crippen LogP contribution >= 0.6 is 0 Å². The van der Waals surface area contributed by atoms with Gasteiger partial charge in [-0.1, -0.05) is 0 Å². The second-order valence-corrected chi connectivity index (χ2v) is 3.34. The van der Waals surface area contributed by atoms with E-state index in [2.05, 4.69) is 24.1 Å². The van der Waals surface area contributed by atoms with Gasteiger partial charge in [0.2, 0.25) is 5.91 Å². The number of nitrogens with zero attached hydrogens (tertiary/aromatic N) is 1. The number of carbonyl (C=O) groups excluding carboxylic acids is 1. The SMILES string of the molecule is CC(=O)NCCN(CCO)C(C)C. The first-order chi connectivity index (χ1) is 6.07. The van der Waals surface area contributed by atoms with Crippen molar-refractivity contribution in [1.82, 2.24) is 10.2 Å². The molecule has 0 fully saturated rings. The van der Waals surface area contributed by atoms with Crippen molar-refractivity contribution in [2.45, 2.75) is 26.8 Å². The standard InChI is InChI=1S/C9H20N2O2/c1-8(2)11(6-7-12)5-4-10-9(3)13/h8,12H,4-7H2,1-3H3,(H,10,13). The Bertz CT molecular complexity index is 149. The van der Waals surface area contributed by atoms with E-state index in [9.17, 15) is 4.79 Å². The van der Waals surface area contributed by atoms with Gasteiger partial charge in [0.15, 0.2) is 0 Å². The lowest BCUT2D eigenvalue weighted by Gasteiger charge is -2.25. The van der Waals surface area contributed by atoms with E-state index in [4.69, 9.17) is 5.11 Å². The number of nitrogens with one attached hydrogen (secondary N) is 1. The molecular weight excluding hydrogens is 168 g/mol. The zero-order valence-corrected chi connectivity index (χ0v) is 8.71. The van der Waals surface area contributed by atoms with Gasteiger partial charge in [-0.15, -0.1) is 0 Å². The van der Waals surface area contributed by atoms with E-state index < -0.39 is 0 Å². The first-order valence-corrected chi connectivity index (χ1v) is 4.67.